The van der Waals surface area contributed by atoms with Crippen molar-refractivity contribution in [3.8, 4) is 5.75 Å². The fourth-order valence-electron chi connectivity index (χ4n) is 3.56. The topological polar surface area (TPSA) is 88.1 Å². The van der Waals surface area contributed by atoms with Crippen LogP contribution in [0.5, 0.6) is 5.75 Å². The maximum atomic E-state index is 12.4. The van der Waals surface area contributed by atoms with Gasteiger partial charge < -0.3 is 19.9 Å². The van der Waals surface area contributed by atoms with Gasteiger partial charge in [0.2, 0.25) is 5.91 Å². The van der Waals surface area contributed by atoms with E-state index in [4.69, 9.17) is 9.47 Å². The molecule has 0 spiro atoms. The number of benzene rings is 2. The zero-order valence-electron chi connectivity index (χ0n) is 17.8. The molecule has 1 fully saturated rings. The summed E-state index contributed by atoms with van der Waals surface area (Å²) in [5.41, 5.74) is 2.04. The van der Waals surface area contributed by atoms with E-state index in [1.54, 1.807) is 31.4 Å². The van der Waals surface area contributed by atoms with Gasteiger partial charge in [0.25, 0.3) is 0 Å². The van der Waals surface area contributed by atoms with Crippen LogP contribution in [0.3, 0.4) is 0 Å². The molecule has 0 radical (unpaired) electrons. The summed E-state index contributed by atoms with van der Waals surface area (Å²) in [7, 11) is 3.67. The Morgan fingerprint density at radius 3 is 2.77 bits per heavy atom. The smallest absolute Gasteiger partial charge is 0.337 e. The number of ether oxygens (including phenoxy) is 2. The number of hydrogen-bond acceptors (Lipinski definition) is 5. The standard InChI is InChI=1S/C24H28N2O5/c1-26-14-6-5-9-23(26)31-16-18-15-19(30-2)12-10-17(18)11-13-22(27)25-21-8-4-3-7-20(21)24(28)29/h3-4,7-8,10-13,15,23H,5-6,9,14,16H2,1-2H3,(H,25,27)(H,28,29)/b13-11+. The molecule has 1 heterocycles. The van der Waals surface area contributed by atoms with Crippen LogP contribution >= 0.6 is 0 Å². The molecule has 0 saturated carbocycles. The number of carbonyl (C=O) groups is 2. The third-order valence-corrected chi connectivity index (χ3v) is 5.31. The van der Waals surface area contributed by atoms with Crippen molar-refractivity contribution in [3.63, 3.8) is 0 Å². The van der Waals surface area contributed by atoms with Gasteiger partial charge in [-0.2, -0.15) is 0 Å². The van der Waals surface area contributed by atoms with Gasteiger partial charge in [0.15, 0.2) is 0 Å². The number of anilines is 1. The van der Waals surface area contributed by atoms with Gasteiger partial charge in [-0.25, -0.2) is 4.79 Å². The third-order valence-electron chi connectivity index (χ3n) is 5.31. The average molecular weight is 424 g/mol. The van der Waals surface area contributed by atoms with E-state index in [1.165, 1.54) is 18.6 Å². The van der Waals surface area contributed by atoms with Crippen LogP contribution in [-0.2, 0) is 16.1 Å². The summed E-state index contributed by atoms with van der Waals surface area (Å²) in [6.07, 6.45) is 6.49. The van der Waals surface area contributed by atoms with Gasteiger partial charge in [-0.15, -0.1) is 0 Å². The van der Waals surface area contributed by atoms with E-state index in [0.717, 1.165) is 30.5 Å². The number of amides is 1. The highest BCUT2D eigenvalue weighted by atomic mass is 16.5. The molecule has 7 heteroatoms. The predicted molar refractivity (Wildman–Crippen MR) is 119 cm³/mol. The molecular formula is C24H28N2O5. The Morgan fingerprint density at radius 2 is 2.03 bits per heavy atom. The van der Waals surface area contributed by atoms with Crippen LogP contribution < -0.4 is 10.1 Å². The first-order chi connectivity index (χ1) is 15.0. The number of nitrogens with one attached hydrogen (secondary N) is 1. The molecule has 1 unspecified atom stereocenters. The number of likely N-dealkylation sites (tertiary alicyclic amines) is 1. The number of carboxylic acid groups (broad SMARTS) is 1. The first kappa shape index (κ1) is 22.5. The lowest BCUT2D eigenvalue weighted by Gasteiger charge is -2.32. The third kappa shape index (κ3) is 6.16. The molecule has 0 aliphatic carbocycles. The Labute approximate surface area is 182 Å². The van der Waals surface area contributed by atoms with Gasteiger partial charge in [0.1, 0.15) is 12.0 Å². The van der Waals surface area contributed by atoms with Gasteiger partial charge in [-0.1, -0.05) is 18.2 Å². The van der Waals surface area contributed by atoms with E-state index in [-0.39, 0.29) is 17.5 Å². The van der Waals surface area contributed by atoms with Gasteiger partial charge in [-0.05, 0) is 67.8 Å². The number of carbonyl (C=O) groups excluding carboxylic acids is 1. The molecule has 31 heavy (non-hydrogen) atoms. The van der Waals surface area contributed by atoms with Crippen molar-refractivity contribution in [1.29, 1.82) is 0 Å². The maximum Gasteiger partial charge on any atom is 0.337 e. The first-order valence-electron chi connectivity index (χ1n) is 10.3. The predicted octanol–water partition coefficient (Wildman–Crippen LogP) is 4.00. The van der Waals surface area contributed by atoms with Crippen LogP contribution in [0.4, 0.5) is 5.69 Å². The Hall–Kier alpha value is -3.16. The second kappa shape index (κ2) is 10.7. The molecular weight excluding hydrogens is 396 g/mol. The van der Waals surface area contributed by atoms with E-state index < -0.39 is 11.9 Å². The van der Waals surface area contributed by atoms with Crippen LogP contribution in [0, 0.1) is 0 Å². The van der Waals surface area contributed by atoms with Crippen LogP contribution in [0.15, 0.2) is 48.5 Å². The minimum Gasteiger partial charge on any atom is -0.497 e. The molecule has 7 nitrogen and oxygen atoms in total. The van der Waals surface area contributed by atoms with Gasteiger partial charge in [0, 0.05) is 12.6 Å². The highest BCUT2D eigenvalue weighted by molar-refractivity contribution is 6.06. The molecule has 164 valence electrons. The van der Waals surface area contributed by atoms with Crippen molar-refractivity contribution in [2.45, 2.75) is 32.1 Å². The molecule has 3 rings (SSSR count). The van der Waals surface area contributed by atoms with Gasteiger partial charge in [-0.3, -0.25) is 9.69 Å². The Bertz CT molecular complexity index is 957. The summed E-state index contributed by atoms with van der Waals surface area (Å²) in [6, 6.07) is 11.9. The van der Waals surface area contributed by atoms with E-state index in [9.17, 15) is 14.7 Å². The Morgan fingerprint density at radius 1 is 1.23 bits per heavy atom. The number of rotatable bonds is 8. The largest absolute Gasteiger partial charge is 0.497 e. The molecule has 1 aliphatic heterocycles. The van der Waals surface area contributed by atoms with E-state index >= 15 is 0 Å². The summed E-state index contributed by atoms with van der Waals surface area (Å²) in [6.45, 7) is 1.42. The molecule has 1 saturated heterocycles. The highest BCUT2D eigenvalue weighted by Gasteiger charge is 2.19. The van der Waals surface area contributed by atoms with Crippen LogP contribution in [0.2, 0.25) is 0 Å². The average Bonchev–Trinajstić information content (AvgIpc) is 2.77. The number of hydrogen-bond donors (Lipinski definition) is 2. The van der Waals surface area contributed by atoms with Crippen LogP contribution in [0.25, 0.3) is 6.08 Å². The number of carboxylic acids is 1. The molecule has 1 atom stereocenters. The van der Waals surface area contributed by atoms with Crippen molar-refractivity contribution in [1.82, 2.24) is 4.90 Å². The van der Waals surface area contributed by atoms with E-state index in [0.29, 0.717) is 12.4 Å². The maximum absolute atomic E-state index is 12.4. The van der Waals surface area contributed by atoms with Crippen molar-refractivity contribution in [3.05, 3.63) is 65.2 Å². The summed E-state index contributed by atoms with van der Waals surface area (Å²) in [4.78, 5) is 25.9. The number of piperidine rings is 1. The Kier molecular flexibility index (Phi) is 7.81. The van der Waals surface area contributed by atoms with Crippen molar-refractivity contribution < 1.29 is 24.2 Å². The molecule has 1 aliphatic rings. The molecule has 2 N–H and O–H groups in total. The fourth-order valence-corrected chi connectivity index (χ4v) is 3.56. The minimum absolute atomic E-state index is 0.0411. The fraction of sp³-hybridized carbons (Fsp3) is 0.333. The van der Waals surface area contributed by atoms with Crippen LogP contribution in [-0.4, -0.2) is 48.8 Å². The first-order valence-corrected chi connectivity index (χ1v) is 10.3. The van der Waals surface area contributed by atoms with Crippen LogP contribution in [0.1, 0.15) is 40.7 Å². The summed E-state index contributed by atoms with van der Waals surface area (Å²) >= 11 is 0. The molecule has 0 bridgehead atoms. The summed E-state index contributed by atoms with van der Waals surface area (Å²) in [5, 5.41) is 11.9. The molecule has 2 aromatic rings. The Balaban J connectivity index is 1.72. The second-order valence-corrected chi connectivity index (χ2v) is 7.48. The van der Waals surface area contributed by atoms with E-state index in [1.807, 2.05) is 18.2 Å². The number of methoxy groups -OCH3 is 1. The lowest BCUT2D eigenvalue weighted by atomic mass is 10.1. The summed E-state index contributed by atoms with van der Waals surface area (Å²) in [5.74, 6) is -0.793. The quantitative estimate of drug-likeness (QED) is 0.623. The minimum atomic E-state index is -1.10. The number of para-hydroxylation sites is 1. The molecule has 0 aromatic heterocycles. The summed E-state index contributed by atoms with van der Waals surface area (Å²) < 4.78 is 11.5. The normalized spacial score (nSPS) is 16.9. The zero-order chi connectivity index (χ0) is 22.2. The lowest BCUT2D eigenvalue weighted by molar-refractivity contribution is -0.111. The SMILES string of the molecule is COc1ccc(/C=C/C(=O)Nc2ccccc2C(=O)O)c(COC2CCCCN2C)c1. The monoisotopic (exact) mass is 424 g/mol. The molecule has 2 aromatic carbocycles. The van der Waals surface area contributed by atoms with Crippen molar-refractivity contribution >= 4 is 23.6 Å². The van der Waals surface area contributed by atoms with Gasteiger partial charge in [0.05, 0.1) is 25.0 Å². The zero-order valence-corrected chi connectivity index (χ0v) is 17.8. The van der Waals surface area contributed by atoms with Crippen molar-refractivity contribution in [2.24, 2.45) is 0 Å². The number of aromatic carboxylic acids is 1. The lowest BCUT2D eigenvalue weighted by Crippen LogP contribution is -2.38. The second-order valence-electron chi connectivity index (χ2n) is 7.48. The number of nitrogens with zero attached hydrogens (tertiary/aromatic N) is 1. The highest BCUT2D eigenvalue weighted by Crippen LogP contribution is 2.23. The van der Waals surface area contributed by atoms with E-state index in [2.05, 4.69) is 17.3 Å². The van der Waals surface area contributed by atoms with Crippen molar-refractivity contribution in [2.75, 3.05) is 26.0 Å². The molecule has 1 amide bonds. The van der Waals surface area contributed by atoms with Gasteiger partial charge >= 0.3 is 5.97 Å².